The number of alkyl halides is 3. The molecule has 0 spiro atoms. The first-order chi connectivity index (χ1) is 6.96. The fourth-order valence-corrected chi connectivity index (χ4v) is 2.03. The third kappa shape index (κ3) is 3.19. The van der Waals surface area contributed by atoms with Crippen molar-refractivity contribution >= 4 is 5.78 Å². The zero-order chi connectivity index (χ0) is 11.5. The predicted octanol–water partition coefficient (Wildman–Crippen LogP) is 2.38. The number of halogens is 3. The van der Waals surface area contributed by atoms with E-state index in [2.05, 4.69) is 0 Å². The molecule has 0 radical (unpaired) electrons. The van der Waals surface area contributed by atoms with E-state index in [1.165, 1.54) is 0 Å². The summed E-state index contributed by atoms with van der Waals surface area (Å²) < 4.78 is 36.8. The maximum absolute atomic E-state index is 12.3. The van der Waals surface area contributed by atoms with Gasteiger partial charge in [0.15, 0.2) is 0 Å². The first kappa shape index (κ1) is 12.5. The maximum atomic E-state index is 12.3. The fraction of sp³-hybridized carbons (Fsp3) is 0.900. The summed E-state index contributed by atoms with van der Waals surface area (Å²) >= 11 is 0. The van der Waals surface area contributed by atoms with Crippen molar-refractivity contribution in [2.24, 2.45) is 0 Å². The molecule has 0 N–H and O–H groups in total. The minimum atomic E-state index is -4.69. The van der Waals surface area contributed by atoms with Crippen LogP contribution in [0.4, 0.5) is 13.2 Å². The third-order valence-corrected chi connectivity index (χ3v) is 2.71. The lowest BCUT2D eigenvalue weighted by atomic mass is 9.98. The Morgan fingerprint density at radius 3 is 2.60 bits per heavy atom. The van der Waals surface area contributed by atoms with Crippen LogP contribution in [0.3, 0.4) is 0 Å². The van der Waals surface area contributed by atoms with Crippen molar-refractivity contribution in [3.8, 4) is 0 Å². The van der Waals surface area contributed by atoms with Gasteiger partial charge >= 0.3 is 6.18 Å². The van der Waals surface area contributed by atoms with E-state index in [9.17, 15) is 18.0 Å². The molecular weight excluding hydrogens is 207 g/mol. The Morgan fingerprint density at radius 2 is 2.07 bits per heavy atom. The Labute approximate surface area is 87.4 Å². The lowest BCUT2D eigenvalue weighted by Gasteiger charge is -2.34. The molecular formula is C10H16F3NO. The van der Waals surface area contributed by atoms with Crippen LogP contribution in [0, 0.1) is 0 Å². The minimum absolute atomic E-state index is 0.346. The molecule has 1 fully saturated rings. The van der Waals surface area contributed by atoms with Gasteiger partial charge in [0.2, 0.25) is 0 Å². The molecule has 0 aliphatic carbocycles. The SMILES string of the molecule is CCCN1CCCCC1C(=O)C(F)(F)F. The van der Waals surface area contributed by atoms with Crippen LogP contribution in [0.1, 0.15) is 32.6 Å². The van der Waals surface area contributed by atoms with Gasteiger partial charge in [0.25, 0.3) is 5.78 Å². The van der Waals surface area contributed by atoms with E-state index in [-0.39, 0.29) is 0 Å². The first-order valence-electron chi connectivity index (χ1n) is 5.32. The molecule has 15 heavy (non-hydrogen) atoms. The van der Waals surface area contributed by atoms with E-state index >= 15 is 0 Å². The van der Waals surface area contributed by atoms with Crippen LogP contribution >= 0.6 is 0 Å². The number of carbonyl (C=O) groups excluding carboxylic acids is 1. The van der Waals surface area contributed by atoms with Crippen LogP contribution in [-0.2, 0) is 4.79 Å². The van der Waals surface area contributed by atoms with Gasteiger partial charge < -0.3 is 0 Å². The lowest BCUT2D eigenvalue weighted by Crippen LogP contribution is -2.49. The Balaban J connectivity index is 2.67. The van der Waals surface area contributed by atoms with Crippen molar-refractivity contribution in [2.75, 3.05) is 13.1 Å². The maximum Gasteiger partial charge on any atom is 0.451 e. The number of piperidine rings is 1. The molecule has 1 aliphatic heterocycles. The molecule has 1 unspecified atom stereocenters. The second kappa shape index (κ2) is 4.96. The highest BCUT2D eigenvalue weighted by Crippen LogP contribution is 2.26. The number of Topliss-reactive ketones (excluding diaryl/α,β-unsaturated/α-hetero) is 1. The molecule has 1 atom stereocenters. The Hall–Kier alpha value is -0.580. The van der Waals surface area contributed by atoms with Crippen molar-refractivity contribution in [2.45, 2.75) is 44.8 Å². The molecule has 0 bridgehead atoms. The topological polar surface area (TPSA) is 20.3 Å². The Bertz CT molecular complexity index is 225. The summed E-state index contributed by atoms with van der Waals surface area (Å²) in [5, 5.41) is 0. The number of hydrogen-bond acceptors (Lipinski definition) is 2. The fourth-order valence-electron chi connectivity index (χ4n) is 2.03. The van der Waals surface area contributed by atoms with Crippen LogP contribution in [0.25, 0.3) is 0 Å². The van der Waals surface area contributed by atoms with Crippen molar-refractivity contribution in [1.82, 2.24) is 4.90 Å². The highest BCUT2D eigenvalue weighted by molar-refractivity contribution is 5.89. The van der Waals surface area contributed by atoms with Gasteiger partial charge in [0.1, 0.15) is 0 Å². The monoisotopic (exact) mass is 223 g/mol. The van der Waals surface area contributed by atoms with E-state index in [4.69, 9.17) is 0 Å². The van der Waals surface area contributed by atoms with Crippen LogP contribution in [0.15, 0.2) is 0 Å². The van der Waals surface area contributed by atoms with E-state index in [1.54, 1.807) is 4.90 Å². The predicted molar refractivity (Wildman–Crippen MR) is 50.6 cm³/mol. The molecule has 0 aromatic carbocycles. The number of ketones is 1. The molecule has 1 aliphatic rings. The third-order valence-electron chi connectivity index (χ3n) is 2.71. The van der Waals surface area contributed by atoms with Gasteiger partial charge in [-0.2, -0.15) is 13.2 Å². The molecule has 1 rings (SSSR count). The standard InChI is InChI=1S/C10H16F3NO/c1-2-6-14-7-4-3-5-8(14)9(15)10(11,12)13/h8H,2-7H2,1H3. The summed E-state index contributed by atoms with van der Waals surface area (Å²) in [4.78, 5) is 12.8. The van der Waals surface area contributed by atoms with E-state index in [1.807, 2.05) is 6.92 Å². The lowest BCUT2D eigenvalue weighted by molar-refractivity contribution is -0.177. The molecule has 0 saturated carbocycles. The highest BCUT2D eigenvalue weighted by Gasteiger charge is 2.45. The number of nitrogens with zero attached hydrogens (tertiary/aromatic N) is 1. The molecule has 1 saturated heterocycles. The molecule has 5 heteroatoms. The molecule has 0 amide bonds. The van der Waals surface area contributed by atoms with Crippen molar-refractivity contribution in [3.05, 3.63) is 0 Å². The van der Waals surface area contributed by atoms with Crippen molar-refractivity contribution < 1.29 is 18.0 Å². The van der Waals surface area contributed by atoms with Gasteiger partial charge in [-0.25, -0.2) is 0 Å². The van der Waals surface area contributed by atoms with Crippen LogP contribution < -0.4 is 0 Å². The highest BCUT2D eigenvalue weighted by atomic mass is 19.4. The summed E-state index contributed by atoms with van der Waals surface area (Å²) in [5.74, 6) is -1.57. The average molecular weight is 223 g/mol. The van der Waals surface area contributed by atoms with E-state index in [0.717, 1.165) is 12.8 Å². The Morgan fingerprint density at radius 1 is 1.40 bits per heavy atom. The van der Waals surface area contributed by atoms with Gasteiger partial charge in [-0.15, -0.1) is 0 Å². The summed E-state index contributed by atoms with van der Waals surface area (Å²) in [6.45, 7) is 3.09. The summed E-state index contributed by atoms with van der Waals surface area (Å²) in [6, 6.07) is -0.932. The minimum Gasteiger partial charge on any atom is -0.293 e. The summed E-state index contributed by atoms with van der Waals surface area (Å²) in [5.41, 5.74) is 0. The summed E-state index contributed by atoms with van der Waals surface area (Å²) in [7, 11) is 0. The van der Waals surface area contributed by atoms with Crippen LogP contribution in [-0.4, -0.2) is 36.0 Å². The van der Waals surface area contributed by atoms with Crippen molar-refractivity contribution in [1.29, 1.82) is 0 Å². The first-order valence-corrected chi connectivity index (χ1v) is 5.32. The molecule has 0 aromatic rings. The largest absolute Gasteiger partial charge is 0.451 e. The van der Waals surface area contributed by atoms with Crippen molar-refractivity contribution in [3.63, 3.8) is 0 Å². The smallest absolute Gasteiger partial charge is 0.293 e. The summed E-state index contributed by atoms with van der Waals surface area (Å²) in [6.07, 6.45) is -1.96. The van der Waals surface area contributed by atoms with Gasteiger partial charge in [-0.1, -0.05) is 13.3 Å². The number of likely N-dealkylation sites (tertiary alicyclic amines) is 1. The van der Waals surface area contributed by atoms with Gasteiger partial charge in [0, 0.05) is 0 Å². The van der Waals surface area contributed by atoms with E-state index < -0.39 is 18.0 Å². The quantitative estimate of drug-likeness (QED) is 0.732. The van der Waals surface area contributed by atoms with Gasteiger partial charge in [-0.3, -0.25) is 9.69 Å². The van der Waals surface area contributed by atoms with Gasteiger partial charge in [-0.05, 0) is 32.4 Å². The van der Waals surface area contributed by atoms with Gasteiger partial charge in [0.05, 0.1) is 6.04 Å². The average Bonchev–Trinajstić information content (AvgIpc) is 2.17. The number of hydrogen-bond donors (Lipinski definition) is 0. The second-order valence-corrected chi connectivity index (χ2v) is 3.91. The Kier molecular flexibility index (Phi) is 4.13. The zero-order valence-electron chi connectivity index (χ0n) is 8.81. The molecule has 88 valence electrons. The normalized spacial score (nSPS) is 24.1. The second-order valence-electron chi connectivity index (χ2n) is 3.91. The van der Waals surface area contributed by atoms with E-state index in [0.29, 0.717) is 25.9 Å². The molecule has 0 aromatic heterocycles. The molecule has 2 nitrogen and oxygen atoms in total. The molecule has 1 heterocycles. The van der Waals surface area contributed by atoms with Crippen LogP contribution in [0.2, 0.25) is 0 Å². The number of rotatable bonds is 3. The van der Waals surface area contributed by atoms with Crippen LogP contribution in [0.5, 0.6) is 0 Å². The number of carbonyl (C=O) groups is 1. The zero-order valence-corrected chi connectivity index (χ0v) is 8.81.